The Labute approximate surface area is 50.4 Å². The van der Waals surface area contributed by atoms with Crippen LogP contribution in [0.15, 0.2) is 0 Å². The number of isocyanates is 2. The molecule has 5 heteroatoms. The van der Waals surface area contributed by atoms with Gasteiger partial charge in [0, 0.05) is 0 Å². The van der Waals surface area contributed by atoms with Crippen LogP contribution in [0.5, 0.6) is 0 Å². The summed E-state index contributed by atoms with van der Waals surface area (Å²) in [6, 6.07) is 0. The van der Waals surface area contributed by atoms with Crippen molar-refractivity contribution in [2.24, 2.45) is 0 Å². The Balaban J connectivity index is -0.0000000400. The van der Waals surface area contributed by atoms with E-state index >= 15 is 0 Å². The van der Waals surface area contributed by atoms with Gasteiger partial charge >= 0.3 is 17.1 Å². The number of carbonyl (C=O) groups excluding carboxylic acids is 2. The SMILES string of the molecule is [Mn+2].[N-]=C=O.[N-]=C=O. The van der Waals surface area contributed by atoms with Crippen LogP contribution in [0.1, 0.15) is 0 Å². The van der Waals surface area contributed by atoms with Crippen LogP contribution < -0.4 is 0 Å². The molecule has 0 saturated heterocycles. The minimum atomic E-state index is 0. The first-order chi connectivity index (χ1) is 2.83. The molecule has 0 aromatic carbocycles. The smallest absolute Gasteiger partial charge is 0.724 e. The molecule has 0 aromatic rings. The monoisotopic (exact) mass is 139 g/mol. The van der Waals surface area contributed by atoms with Crippen LogP contribution in [0.3, 0.4) is 0 Å². The van der Waals surface area contributed by atoms with E-state index < -0.39 is 0 Å². The summed E-state index contributed by atoms with van der Waals surface area (Å²) in [5.74, 6) is 0. The Morgan fingerprint density at radius 3 is 1.00 bits per heavy atom. The van der Waals surface area contributed by atoms with Gasteiger partial charge in [-0.1, -0.05) is 0 Å². The molecule has 0 aliphatic heterocycles. The molecule has 0 aliphatic rings. The first-order valence-corrected chi connectivity index (χ1v) is 0.855. The van der Waals surface area contributed by atoms with Crippen LogP contribution in [-0.4, -0.2) is 12.2 Å². The minimum Gasteiger partial charge on any atom is -0.724 e. The van der Waals surface area contributed by atoms with Gasteiger partial charge in [0.05, 0.1) is 0 Å². The third kappa shape index (κ3) is 109. The van der Waals surface area contributed by atoms with E-state index in [1.165, 1.54) is 0 Å². The third-order valence-electron chi connectivity index (χ3n) is 0. The van der Waals surface area contributed by atoms with Gasteiger partial charge in [0.25, 0.3) is 0 Å². The number of hydrogen-bond donors (Lipinski definition) is 0. The quantitative estimate of drug-likeness (QED) is 0.264. The zero-order valence-electron chi connectivity index (χ0n) is 3.09. The molecule has 0 atom stereocenters. The molecule has 0 rings (SSSR count). The summed E-state index contributed by atoms with van der Waals surface area (Å²) in [5.41, 5.74) is 0. The summed E-state index contributed by atoms with van der Waals surface area (Å²) < 4.78 is 0. The zero-order chi connectivity index (χ0) is 5.41. The maximum atomic E-state index is 8.24. The van der Waals surface area contributed by atoms with E-state index in [1.807, 2.05) is 0 Å². The molecule has 0 unspecified atom stereocenters. The molecule has 0 saturated carbocycles. The van der Waals surface area contributed by atoms with Gasteiger partial charge in [-0.3, -0.25) is 9.59 Å². The standard InChI is InChI=1S/2CNO.Mn/c2*2-1-3;/q2*-1;+2. The predicted molar refractivity (Wildman–Crippen MR) is 18.1 cm³/mol. The summed E-state index contributed by atoms with van der Waals surface area (Å²) >= 11 is 0. The Hall–Kier alpha value is -0.721. The fraction of sp³-hybridized carbons (Fsp3) is 0. The number of nitrogens with zero attached hydrogens (tertiary/aromatic N) is 2. The number of hydrogen-bond acceptors (Lipinski definition) is 2. The van der Waals surface area contributed by atoms with Gasteiger partial charge in [-0.25, -0.2) is 0 Å². The van der Waals surface area contributed by atoms with Crippen molar-refractivity contribution in [2.45, 2.75) is 0 Å². The van der Waals surface area contributed by atoms with Crippen LogP contribution in [0.4, 0.5) is 0 Å². The molecule has 0 aromatic heterocycles. The molecule has 0 fully saturated rings. The van der Waals surface area contributed by atoms with Gasteiger partial charge in [-0.05, 0) is 12.2 Å². The molecule has 37 valence electrons. The van der Waals surface area contributed by atoms with Gasteiger partial charge in [0.1, 0.15) is 0 Å². The topological polar surface area (TPSA) is 78.7 Å². The molecule has 1 radical (unpaired) electrons. The first-order valence-electron chi connectivity index (χ1n) is 0.855. The molecule has 0 bridgehead atoms. The normalized spacial score (nSPS) is 2.29. The van der Waals surface area contributed by atoms with Crippen molar-refractivity contribution in [2.75, 3.05) is 0 Å². The van der Waals surface area contributed by atoms with Crippen molar-refractivity contribution in [1.82, 2.24) is 0 Å². The Kier molecular flexibility index (Phi) is 137. The van der Waals surface area contributed by atoms with Crippen molar-refractivity contribution in [3.63, 3.8) is 0 Å². The minimum absolute atomic E-state index is 0. The van der Waals surface area contributed by atoms with Gasteiger partial charge < -0.3 is 10.8 Å². The molecule has 0 spiro atoms. The largest absolute Gasteiger partial charge is 2.00 e. The second-order valence-corrected chi connectivity index (χ2v) is 0.183. The summed E-state index contributed by atoms with van der Waals surface area (Å²) in [7, 11) is 0. The summed E-state index contributed by atoms with van der Waals surface area (Å²) in [4.78, 5) is 16.5. The molecule has 0 N–H and O–H groups in total. The second-order valence-electron chi connectivity index (χ2n) is 0.183. The summed E-state index contributed by atoms with van der Waals surface area (Å²) in [5, 5.41) is 13.5. The maximum absolute atomic E-state index is 8.24. The van der Waals surface area contributed by atoms with Crippen molar-refractivity contribution >= 4 is 12.2 Å². The van der Waals surface area contributed by atoms with E-state index in [4.69, 9.17) is 20.4 Å². The van der Waals surface area contributed by atoms with Crippen molar-refractivity contribution < 1.29 is 26.7 Å². The van der Waals surface area contributed by atoms with Gasteiger partial charge in [0.2, 0.25) is 0 Å². The van der Waals surface area contributed by atoms with E-state index in [0.29, 0.717) is 12.2 Å². The van der Waals surface area contributed by atoms with Crippen LogP contribution in [0.25, 0.3) is 10.8 Å². The van der Waals surface area contributed by atoms with Crippen molar-refractivity contribution in [1.29, 1.82) is 0 Å². The molecule has 0 aliphatic carbocycles. The van der Waals surface area contributed by atoms with Gasteiger partial charge in [0.15, 0.2) is 0 Å². The molecular weight excluding hydrogens is 139 g/mol. The average molecular weight is 139 g/mol. The maximum Gasteiger partial charge on any atom is 2.00 e. The molecule has 0 heterocycles. The Morgan fingerprint density at radius 1 is 1.00 bits per heavy atom. The molecule has 7 heavy (non-hydrogen) atoms. The second kappa shape index (κ2) is 59.1. The van der Waals surface area contributed by atoms with Gasteiger partial charge in [-0.2, -0.15) is 0 Å². The van der Waals surface area contributed by atoms with Crippen LogP contribution in [0, 0.1) is 0 Å². The van der Waals surface area contributed by atoms with E-state index in [1.54, 1.807) is 0 Å². The predicted octanol–water partition coefficient (Wildman–Crippen LogP) is -0.219. The van der Waals surface area contributed by atoms with Crippen LogP contribution in [0.2, 0.25) is 0 Å². The van der Waals surface area contributed by atoms with E-state index in [9.17, 15) is 0 Å². The van der Waals surface area contributed by atoms with Crippen LogP contribution >= 0.6 is 0 Å². The summed E-state index contributed by atoms with van der Waals surface area (Å²) in [6.45, 7) is 0. The van der Waals surface area contributed by atoms with Crippen LogP contribution in [-0.2, 0) is 26.7 Å². The summed E-state index contributed by atoms with van der Waals surface area (Å²) in [6.07, 6.45) is 1.00. The first kappa shape index (κ1) is 16.3. The Morgan fingerprint density at radius 2 is 1.00 bits per heavy atom. The van der Waals surface area contributed by atoms with E-state index in [0.717, 1.165) is 0 Å². The fourth-order valence-electron chi connectivity index (χ4n) is 0. The van der Waals surface area contributed by atoms with Gasteiger partial charge in [-0.15, -0.1) is 0 Å². The average Bonchev–Trinajstić information content (AvgIpc) is 1.39. The molecule has 4 nitrogen and oxygen atoms in total. The zero-order valence-corrected chi connectivity index (χ0v) is 4.27. The van der Waals surface area contributed by atoms with E-state index in [-0.39, 0.29) is 17.1 Å². The molecular formula is C2MnN2O2. The van der Waals surface area contributed by atoms with E-state index in [2.05, 4.69) is 0 Å². The van der Waals surface area contributed by atoms with Crippen molar-refractivity contribution in [3.8, 4) is 0 Å². The number of rotatable bonds is 0. The van der Waals surface area contributed by atoms with Crippen molar-refractivity contribution in [3.05, 3.63) is 10.8 Å². The fourth-order valence-corrected chi connectivity index (χ4v) is 0. The third-order valence-corrected chi connectivity index (χ3v) is 0. The molecule has 0 amide bonds. The Bertz CT molecular complexity index is 67.7.